The standard InChI is InChI=1S/C17H17Cl2NO5S/c1-4-24-14-11(18)6-10(7-12(14)19)8-13-15(21)20(17(23)26-13)9(3)16(22)25-5-2/h6-9H,4-5H2,1-3H3/b13-8-. The predicted octanol–water partition coefficient (Wildman–Crippen LogP) is 4.38. The lowest BCUT2D eigenvalue weighted by Crippen LogP contribution is -2.42. The van der Waals surface area contributed by atoms with Gasteiger partial charge in [0.1, 0.15) is 6.04 Å². The van der Waals surface area contributed by atoms with E-state index in [0.29, 0.717) is 28.0 Å². The van der Waals surface area contributed by atoms with Crippen LogP contribution in [0.2, 0.25) is 10.0 Å². The van der Waals surface area contributed by atoms with Crippen molar-refractivity contribution in [2.75, 3.05) is 13.2 Å². The van der Waals surface area contributed by atoms with Crippen molar-refractivity contribution >= 4 is 58.2 Å². The van der Waals surface area contributed by atoms with Crippen LogP contribution in [0.3, 0.4) is 0 Å². The van der Waals surface area contributed by atoms with Crippen molar-refractivity contribution in [1.29, 1.82) is 0 Å². The Morgan fingerprint density at radius 1 is 1.23 bits per heavy atom. The fourth-order valence-electron chi connectivity index (χ4n) is 2.28. The number of carbonyl (C=O) groups excluding carboxylic acids is 3. The Labute approximate surface area is 165 Å². The summed E-state index contributed by atoms with van der Waals surface area (Å²) in [5.41, 5.74) is 0.540. The molecule has 0 saturated carbocycles. The van der Waals surface area contributed by atoms with Crippen LogP contribution in [0.4, 0.5) is 4.79 Å². The Balaban J connectivity index is 2.29. The third-order valence-electron chi connectivity index (χ3n) is 3.45. The number of hydrogen-bond acceptors (Lipinski definition) is 6. The Morgan fingerprint density at radius 2 is 1.85 bits per heavy atom. The lowest BCUT2D eigenvalue weighted by Gasteiger charge is -2.19. The zero-order valence-electron chi connectivity index (χ0n) is 14.4. The Hall–Kier alpha value is -1.70. The number of halogens is 2. The van der Waals surface area contributed by atoms with E-state index in [1.165, 1.54) is 13.0 Å². The highest BCUT2D eigenvalue weighted by Crippen LogP contribution is 2.38. The molecule has 2 amide bonds. The summed E-state index contributed by atoms with van der Waals surface area (Å²) in [6, 6.07) is 2.17. The lowest BCUT2D eigenvalue weighted by atomic mass is 10.2. The first-order valence-corrected chi connectivity index (χ1v) is 9.42. The van der Waals surface area contributed by atoms with Gasteiger partial charge in [0.15, 0.2) is 5.75 Å². The first-order chi connectivity index (χ1) is 12.3. The zero-order valence-corrected chi connectivity index (χ0v) is 16.7. The second-order valence-corrected chi connectivity index (χ2v) is 7.03. The maximum absolute atomic E-state index is 12.5. The van der Waals surface area contributed by atoms with Gasteiger partial charge in [-0.25, -0.2) is 4.79 Å². The van der Waals surface area contributed by atoms with Crippen LogP contribution in [-0.4, -0.2) is 41.3 Å². The van der Waals surface area contributed by atoms with Crippen LogP contribution in [0.1, 0.15) is 26.3 Å². The summed E-state index contributed by atoms with van der Waals surface area (Å²) in [6.07, 6.45) is 1.50. The van der Waals surface area contributed by atoms with E-state index >= 15 is 0 Å². The summed E-state index contributed by atoms with van der Waals surface area (Å²) >= 11 is 13.0. The van der Waals surface area contributed by atoms with Crippen molar-refractivity contribution in [3.05, 3.63) is 32.6 Å². The first-order valence-electron chi connectivity index (χ1n) is 7.85. The number of rotatable bonds is 6. The van der Waals surface area contributed by atoms with E-state index in [2.05, 4.69) is 0 Å². The third-order valence-corrected chi connectivity index (χ3v) is 4.89. The van der Waals surface area contributed by atoms with Gasteiger partial charge < -0.3 is 9.47 Å². The van der Waals surface area contributed by atoms with Crippen LogP contribution in [0.5, 0.6) is 5.75 Å². The number of ether oxygens (including phenoxy) is 2. The van der Waals surface area contributed by atoms with Gasteiger partial charge in [-0.05, 0) is 56.3 Å². The van der Waals surface area contributed by atoms with Crippen LogP contribution < -0.4 is 4.74 Å². The molecule has 0 spiro atoms. The third kappa shape index (κ3) is 4.34. The second kappa shape index (κ2) is 8.79. The Bertz CT molecular complexity index is 757. The lowest BCUT2D eigenvalue weighted by molar-refractivity contribution is -0.150. The van der Waals surface area contributed by atoms with E-state index in [0.717, 1.165) is 16.7 Å². The summed E-state index contributed by atoms with van der Waals surface area (Å²) < 4.78 is 10.2. The zero-order chi connectivity index (χ0) is 19.4. The van der Waals surface area contributed by atoms with E-state index in [4.69, 9.17) is 32.7 Å². The van der Waals surface area contributed by atoms with Crippen molar-refractivity contribution in [2.24, 2.45) is 0 Å². The average Bonchev–Trinajstić information content (AvgIpc) is 2.84. The molecule has 1 aliphatic rings. The molecule has 0 N–H and O–H groups in total. The quantitative estimate of drug-likeness (QED) is 0.504. The summed E-state index contributed by atoms with van der Waals surface area (Å²) in [7, 11) is 0. The minimum atomic E-state index is -0.999. The van der Waals surface area contributed by atoms with Crippen molar-refractivity contribution in [3.63, 3.8) is 0 Å². The van der Waals surface area contributed by atoms with E-state index in [1.54, 1.807) is 26.0 Å². The molecule has 0 aromatic heterocycles. The van der Waals surface area contributed by atoms with Gasteiger partial charge in [-0.3, -0.25) is 14.5 Å². The maximum atomic E-state index is 12.5. The number of imide groups is 1. The van der Waals surface area contributed by atoms with Gasteiger partial charge in [-0.2, -0.15) is 0 Å². The number of nitrogens with zero attached hydrogens (tertiary/aromatic N) is 1. The van der Waals surface area contributed by atoms with Gasteiger partial charge in [-0.15, -0.1) is 0 Å². The molecule has 2 rings (SSSR count). The van der Waals surface area contributed by atoms with Crippen molar-refractivity contribution < 1.29 is 23.9 Å². The smallest absolute Gasteiger partial charge is 0.329 e. The molecule has 1 atom stereocenters. The first kappa shape index (κ1) is 20.6. The summed E-state index contributed by atoms with van der Waals surface area (Å²) in [4.78, 5) is 37.6. The van der Waals surface area contributed by atoms with Crippen molar-refractivity contribution in [2.45, 2.75) is 26.8 Å². The van der Waals surface area contributed by atoms with E-state index < -0.39 is 23.2 Å². The molecule has 1 aromatic carbocycles. The van der Waals surface area contributed by atoms with Gasteiger partial charge in [0.25, 0.3) is 11.1 Å². The van der Waals surface area contributed by atoms with E-state index in [-0.39, 0.29) is 11.5 Å². The average molecular weight is 418 g/mol. The summed E-state index contributed by atoms with van der Waals surface area (Å²) in [5, 5.41) is 0.0550. The van der Waals surface area contributed by atoms with Crippen molar-refractivity contribution in [3.8, 4) is 5.75 Å². The van der Waals surface area contributed by atoms with E-state index in [9.17, 15) is 14.4 Å². The van der Waals surface area contributed by atoms with Crippen LogP contribution in [0.15, 0.2) is 17.0 Å². The molecular weight excluding hydrogens is 401 g/mol. The molecule has 0 radical (unpaired) electrons. The largest absolute Gasteiger partial charge is 0.491 e. The van der Waals surface area contributed by atoms with Crippen molar-refractivity contribution in [1.82, 2.24) is 4.90 Å². The Morgan fingerprint density at radius 3 is 2.38 bits per heavy atom. The number of carbonyl (C=O) groups is 3. The van der Waals surface area contributed by atoms with Crippen LogP contribution in [0, 0.1) is 0 Å². The SMILES string of the molecule is CCOC(=O)C(C)N1C(=O)S/C(=C\c2cc(Cl)c(OCC)c(Cl)c2)C1=O. The topological polar surface area (TPSA) is 72.9 Å². The minimum Gasteiger partial charge on any atom is -0.491 e. The normalized spacial score (nSPS) is 17.0. The highest BCUT2D eigenvalue weighted by atomic mass is 35.5. The number of thioether (sulfide) groups is 1. The molecule has 9 heteroatoms. The number of esters is 1. The summed E-state index contributed by atoms with van der Waals surface area (Å²) in [6.45, 7) is 5.47. The minimum absolute atomic E-state index is 0.165. The van der Waals surface area contributed by atoms with Crippen LogP contribution in [0.25, 0.3) is 6.08 Å². The fraction of sp³-hybridized carbons (Fsp3) is 0.353. The molecule has 140 valence electrons. The molecule has 1 aromatic rings. The molecule has 1 heterocycles. The molecule has 0 aliphatic carbocycles. The monoisotopic (exact) mass is 417 g/mol. The molecule has 0 bridgehead atoms. The Kier molecular flexibility index (Phi) is 6.97. The van der Waals surface area contributed by atoms with Gasteiger partial charge in [-0.1, -0.05) is 23.2 Å². The molecule has 1 unspecified atom stereocenters. The molecule has 6 nitrogen and oxygen atoms in total. The van der Waals surface area contributed by atoms with Gasteiger partial charge in [0, 0.05) is 0 Å². The fourth-order valence-corrected chi connectivity index (χ4v) is 3.80. The maximum Gasteiger partial charge on any atom is 0.329 e. The number of hydrogen-bond donors (Lipinski definition) is 0. The van der Waals surface area contributed by atoms with Crippen LogP contribution >= 0.6 is 35.0 Å². The second-order valence-electron chi connectivity index (χ2n) is 5.23. The van der Waals surface area contributed by atoms with Gasteiger partial charge >= 0.3 is 5.97 Å². The number of amides is 2. The van der Waals surface area contributed by atoms with Crippen LogP contribution in [-0.2, 0) is 14.3 Å². The summed E-state index contributed by atoms with van der Waals surface area (Å²) in [5.74, 6) is -0.845. The highest BCUT2D eigenvalue weighted by Gasteiger charge is 2.41. The molecular formula is C17H17Cl2NO5S. The highest BCUT2D eigenvalue weighted by molar-refractivity contribution is 8.18. The molecule has 1 fully saturated rings. The number of benzene rings is 1. The molecule has 1 saturated heterocycles. The van der Waals surface area contributed by atoms with Gasteiger partial charge in [0.2, 0.25) is 0 Å². The van der Waals surface area contributed by atoms with Gasteiger partial charge in [0.05, 0.1) is 28.2 Å². The van der Waals surface area contributed by atoms with E-state index in [1.807, 2.05) is 0 Å². The molecule has 26 heavy (non-hydrogen) atoms. The molecule has 1 aliphatic heterocycles. The predicted molar refractivity (Wildman–Crippen MR) is 102 cm³/mol.